The molecule has 1 aromatic carbocycles. The Morgan fingerprint density at radius 2 is 2.17 bits per heavy atom. The summed E-state index contributed by atoms with van der Waals surface area (Å²) in [6.45, 7) is 5.86. The molecule has 0 aliphatic rings. The fourth-order valence-electron chi connectivity index (χ4n) is 1.92. The first-order valence-corrected chi connectivity index (χ1v) is 6.14. The molecule has 0 saturated carbocycles. The largest absolute Gasteiger partial charge is 0.495 e. The monoisotopic (exact) mass is 247 g/mol. The number of anilines is 2. The maximum Gasteiger partial charge on any atom is 0.143 e. The molecule has 0 aliphatic heterocycles. The average molecular weight is 247 g/mol. The zero-order valence-electron chi connectivity index (χ0n) is 11.3. The lowest BCUT2D eigenvalue weighted by molar-refractivity contribution is 0.417. The molecule has 0 fully saturated rings. The number of nitrogens with two attached hydrogens (primary N) is 1. The Labute approximate surface area is 109 Å². The number of benzene rings is 1. The second-order valence-electron chi connectivity index (χ2n) is 4.64. The number of nitrogens with zero attached hydrogens (tertiary/aromatic N) is 2. The van der Waals surface area contributed by atoms with Crippen molar-refractivity contribution in [3.8, 4) is 11.8 Å². The molecule has 4 nitrogen and oxygen atoms in total. The van der Waals surface area contributed by atoms with Crippen molar-refractivity contribution in [2.24, 2.45) is 5.92 Å². The Morgan fingerprint density at radius 1 is 1.44 bits per heavy atom. The Kier molecular flexibility index (Phi) is 5.31. The van der Waals surface area contributed by atoms with Crippen LogP contribution in [0.15, 0.2) is 18.2 Å². The molecule has 0 spiro atoms. The first-order chi connectivity index (χ1) is 8.60. The van der Waals surface area contributed by atoms with Gasteiger partial charge in [0.2, 0.25) is 0 Å². The lowest BCUT2D eigenvalue weighted by Gasteiger charge is -2.27. The molecule has 0 aliphatic carbocycles. The van der Waals surface area contributed by atoms with Crippen LogP contribution < -0.4 is 15.4 Å². The van der Waals surface area contributed by atoms with E-state index in [1.54, 1.807) is 7.11 Å². The van der Waals surface area contributed by atoms with Crippen LogP contribution >= 0.6 is 0 Å². The van der Waals surface area contributed by atoms with E-state index >= 15 is 0 Å². The van der Waals surface area contributed by atoms with Crippen molar-refractivity contribution in [1.82, 2.24) is 0 Å². The number of rotatable bonds is 6. The van der Waals surface area contributed by atoms with Gasteiger partial charge in [-0.1, -0.05) is 19.9 Å². The van der Waals surface area contributed by atoms with Gasteiger partial charge in [-0.25, -0.2) is 0 Å². The van der Waals surface area contributed by atoms with Crippen LogP contribution in [0, 0.1) is 17.2 Å². The van der Waals surface area contributed by atoms with Crippen molar-refractivity contribution in [3.05, 3.63) is 18.2 Å². The van der Waals surface area contributed by atoms with Crippen LogP contribution in [-0.4, -0.2) is 20.2 Å². The van der Waals surface area contributed by atoms with Crippen molar-refractivity contribution in [1.29, 1.82) is 5.26 Å². The molecular weight excluding hydrogens is 226 g/mol. The number of hydrogen-bond donors (Lipinski definition) is 1. The van der Waals surface area contributed by atoms with Gasteiger partial charge in [-0.2, -0.15) is 5.26 Å². The van der Waals surface area contributed by atoms with Crippen LogP contribution in [0.1, 0.15) is 20.3 Å². The summed E-state index contributed by atoms with van der Waals surface area (Å²) in [6, 6.07) is 7.91. The van der Waals surface area contributed by atoms with Crippen molar-refractivity contribution in [2.75, 3.05) is 30.8 Å². The van der Waals surface area contributed by atoms with E-state index in [9.17, 15) is 0 Å². The molecule has 1 aromatic rings. The fraction of sp³-hybridized carbons (Fsp3) is 0.500. The summed E-state index contributed by atoms with van der Waals surface area (Å²) in [7, 11) is 1.61. The van der Waals surface area contributed by atoms with Gasteiger partial charge in [0.05, 0.1) is 31.0 Å². The van der Waals surface area contributed by atoms with Crippen molar-refractivity contribution < 1.29 is 4.74 Å². The Bertz CT molecular complexity index is 424. The molecule has 0 bridgehead atoms. The summed E-state index contributed by atoms with van der Waals surface area (Å²) in [4.78, 5) is 2.14. The van der Waals surface area contributed by atoms with Gasteiger partial charge in [0, 0.05) is 13.1 Å². The molecule has 0 radical (unpaired) electrons. The van der Waals surface area contributed by atoms with Gasteiger partial charge < -0.3 is 15.4 Å². The minimum absolute atomic E-state index is 0.489. The average Bonchev–Trinajstić information content (AvgIpc) is 2.34. The highest BCUT2D eigenvalue weighted by Gasteiger charge is 2.13. The molecule has 2 N–H and O–H groups in total. The van der Waals surface area contributed by atoms with Crippen LogP contribution in [0.4, 0.5) is 11.4 Å². The quantitative estimate of drug-likeness (QED) is 0.785. The van der Waals surface area contributed by atoms with Crippen LogP contribution in [-0.2, 0) is 0 Å². The number of ether oxygens (including phenoxy) is 1. The van der Waals surface area contributed by atoms with Gasteiger partial charge in [-0.05, 0) is 18.1 Å². The van der Waals surface area contributed by atoms with Gasteiger partial charge in [0.15, 0.2) is 0 Å². The Hall–Kier alpha value is -1.89. The van der Waals surface area contributed by atoms with E-state index in [4.69, 9.17) is 15.7 Å². The first-order valence-electron chi connectivity index (χ1n) is 6.14. The summed E-state index contributed by atoms with van der Waals surface area (Å²) in [5.74, 6) is 1.19. The fourth-order valence-corrected chi connectivity index (χ4v) is 1.92. The molecular formula is C14H21N3O. The smallest absolute Gasteiger partial charge is 0.143 e. The van der Waals surface area contributed by atoms with Gasteiger partial charge in [-0.15, -0.1) is 0 Å². The maximum atomic E-state index is 8.73. The summed E-state index contributed by atoms with van der Waals surface area (Å²) in [5.41, 5.74) is 7.67. The third-order valence-corrected chi connectivity index (χ3v) is 2.68. The van der Waals surface area contributed by atoms with Crippen molar-refractivity contribution in [3.63, 3.8) is 0 Å². The summed E-state index contributed by atoms with van der Waals surface area (Å²) >= 11 is 0. The second-order valence-corrected chi connectivity index (χ2v) is 4.64. The van der Waals surface area contributed by atoms with E-state index in [-0.39, 0.29) is 0 Å². The third-order valence-electron chi connectivity index (χ3n) is 2.68. The van der Waals surface area contributed by atoms with Crippen LogP contribution in [0.2, 0.25) is 0 Å². The molecule has 0 atom stereocenters. The second kappa shape index (κ2) is 6.75. The zero-order valence-corrected chi connectivity index (χ0v) is 11.3. The highest BCUT2D eigenvalue weighted by atomic mass is 16.5. The van der Waals surface area contributed by atoms with E-state index in [1.165, 1.54) is 0 Å². The maximum absolute atomic E-state index is 8.73. The molecule has 0 heterocycles. The minimum Gasteiger partial charge on any atom is -0.495 e. The number of hydrogen-bond acceptors (Lipinski definition) is 4. The SMILES string of the molecule is COc1cccc(N(CCC#N)CC(C)C)c1N. The summed E-state index contributed by atoms with van der Waals surface area (Å²) in [6.07, 6.45) is 0.489. The third kappa shape index (κ3) is 3.56. The normalized spacial score (nSPS) is 10.2. The molecule has 18 heavy (non-hydrogen) atoms. The topological polar surface area (TPSA) is 62.3 Å². The number of methoxy groups -OCH3 is 1. The minimum atomic E-state index is 0.489. The van der Waals surface area contributed by atoms with Crippen LogP contribution in [0.25, 0.3) is 0 Å². The molecule has 0 unspecified atom stereocenters. The van der Waals surface area contributed by atoms with E-state index in [1.807, 2.05) is 18.2 Å². The van der Waals surface area contributed by atoms with Gasteiger partial charge >= 0.3 is 0 Å². The van der Waals surface area contributed by atoms with Gasteiger partial charge in [0.25, 0.3) is 0 Å². The molecule has 0 aromatic heterocycles. The first kappa shape index (κ1) is 14.2. The van der Waals surface area contributed by atoms with Crippen LogP contribution in [0.5, 0.6) is 5.75 Å². The number of nitrogen functional groups attached to an aromatic ring is 1. The Morgan fingerprint density at radius 3 is 2.72 bits per heavy atom. The summed E-state index contributed by atoms with van der Waals surface area (Å²) in [5, 5.41) is 8.73. The molecule has 0 amide bonds. The zero-order chi connectivity index (χ0) is 13.5. The highest BCUT2D eigenvalue weighted by Crippen LogP contribution is 2.32. The van der Waals surface area contributed by atoms with Gasteiger partial charge in [-0.3, -0.25) is 0 Å². The highest BCUT2D eigenvalue weighted by molar-refractivity contribution is 5.74. The summed E-state index contributed by atoms with van der Waals surface area (Å²) < 4.78 is 5.23. The number of para-hydroxylation sites is 1. The predicted octanol–water partition coefficient (Wildman–Crippen LogP) is 2.65. The lowest BCUT2D eigenvalue weighted by Crippen LogP contribution is -2.29. The van der Waals surface area contributed by atoms with E-state index < -0.39 is 0 Å². The Balaban J connectivity index is 3.00. The standard InChI is InChI=1S/C14H21N3O/c1-11(2)10-17(9-5-8-15)12-6-4-7-13(18-3)14(12)16/h4,6-7,11H,5,9-10,16H2,1-3H3. The molecule has 0 saturated heterocycles. The van der Waals surface area contributed by atoms with Crippen molar-refractivity contribution >= 4 is 11.4 Å². The molecule has 1 rings (SSSR count). The van der Waals surface area contributed by atoms with Crippen LogP contribution in [0.3, 0.4) is 0 Å². The molecule has 4 heteroatoms. The van der Waals surface area contributed by atoms with Crippen molar-refractivity contribution in [2.45, 2.75) is 20.3 Å². The van der Waals surface area contributed by atoms with E-state index in [0.29, 0.717) is 30.3 Å². The predicted molar refractivity (Wildman–Crippen MR) is 74.7 cm³/mol. The lowest BCUT2D eigenvalue weighted by atomic mass is 10.1. The van der Waals surface area contributed by atoms with E-state index in [2.05, 4.69) is 24.8 Å². The molecule has 98 valence electrons. The van der Waals surface area contributed by atoms with Gasteiger partial charge in [0.1, 0.15) is 5.75 Å². The van der Waals surface area contributed by atoms with E-state index in [0.717, 1.165) is 12.2 Å². The number of nitriles is 1.